The summed E-state index contributed by atoms with van der Waals surface area (Å²) in [5.74, 6) is 0.200. The zero-order chi connectivity index (χ0) is 19.6. The molecule has 0 spiro atoms. The normalized spacial score (nSPS) is 17.1. The van der Waals surface area contributed by atoms with Gasteiger partial charge in [-0.05, 0) is 50.2 Å². The number of hydrogen-bond donors (Lipinski definition) is 2. The number of thiocarbonyl (C=S) groups is 1. The van der Waals surface area contributed by atoms with Crippen LogP contribution in [0.15, 0.2) is 46.1 Å². The van der Waals surface area contributed by atoms with Gasteiger partial charge in [0.1, 0.15) is 11.6 Å². The molecule has 2 N–H and O–H groups in total. The molecule has 142 valence electrons. The van der Waals surface area contributed by atoms with E-state index in [1.165, 1.54) is 12.1 Å². The van der Waals surface area contributed by atoms with Crippen molar-refractivity contribution in [1.82, 2.24) is 15.4 Å². The first kappa shape index (κ1) is 19.0. The van der Waals surface area contributed by atoms with Crippen molar-refractivity contribution in [2.24, 2.45) is 0 Å². The highest BCUT2D eigenvalue weighted by Gasteiger charge is 2.34. The molecule has 1 amide bonds. The van der Waals surface area contributed by atoms with Crippen LogP contribution < -0.4 is 10.6 Å². The van der Waals surface area contributed by atoms with Gasteiger partial charge in [-0.1, -0.05) is 24.2 Å². The Morgan fingerprint density at radius 1 is 1.41 bits per heavy atom. The van der Waals surface area contributed by atoms with E-state index in [4.69, 9.17) is 16.7 Å². The molecule has 1 aliphatic rings. The largest absolute Gasteiger partial charge is 0.360 e. The van der Waals surface area contributed by atoms with Crippen molar-refractivity contribution >= 4 is 29.1 Å². The minimum absolute atomic E-state index is 0.325. The maximum absolute atomic E-state index is 13.8. The molecule has 8 heteroatoms. The SMILES string of the molecule is CCCN1C(=S)N[C@@H](c2cccc(F)c2)C(C(=O)Nc2cc(C)on2)=C1C. The minimum Gasteiger partial charge on any atom is -0.360 e. The molecule has 1 aliphatic heterocycles. The summed E-state index contributed by atoms with van der Waals surface area (Å²) in [6.07, 6.45) is 0.862. The van der Waals surface area contributed by atoms with E-state index in [0.717, 1.165) is 12.1 Å². The minimum atomic E-state index is -0.561. The van der Waals surface area contributed by atoms with Crippen molar-refractivity contribution in [2.45, 2.75) is 33.2 Å². The number of aromatic nitrogens is 1. The number of aryl methyl sites for hydroxylation is 1. The van der Waals surface area contributed by atoms with Crippen LogP contribution in [0.25, 0.3) is 0 Å². The fourth-order valence-electron chi connectivity index (χ4n) is 3.11. The van der Waals surface area contributed by atoms with Crippen molar-refractivity contribution in [3.63, 3.8) is 0 Å². The van der Waals surface area contributed by atoms with Crippen molar-refractivity contribution in [3.8, 4) is 0 Å². The van der Waals surface area contributed by atoms with Gasteiger partial charge in [0.05, 0.1) is 11.6 Å². The van der Waals surface area contributed by atoms with Crippen LogP contribution >= 0.6 is 12.2 Å². The molecule has 1 aromatic heterocycles. The first-order valence-electron chi connectivity index (χ1n) is 8.69. The van der Waals surface area contributed by atoms with E-state index < -0.39 is 6.04 Å². The number of nitrogens with zero attached hydrogens (tertiary/aromatic N) is 2. The first-order valence-corrected chi connectivity index (χ1v) is 9.10. The number of allylic oxidation sites excluding steroid dienone is 1. The lowest BCUT2D eigenvalue weighted by molar-refractivity contribution is -0.113. The molecule has 3 rings (SSSR count). The summed E-state index contributed by atoms with van der Waals surface area (Å²) in [7, 11) is 0. The Bertz CT molecular complexity index is 909. The van der Waals surface area contributed by atoms with Crippen LogP contribution in [-0.4, -0.2) is 27.6 Å². The molecular formula is C19H21FN4O2S. The van der Waals surface area contributed by atoms with Crippen molar-refractivity contribution in [3.05, 3.63) is 58.7 Å². The second-order valence-electron chi connectivity index (χ2n) is 6.37. The summed E-state index contributed by atoms with van der Waals surface area (Å²) in [4.78, 5) is 14.9. The number of anilines is 1. The summed E-state index contributed by atoms with van der Waals surface area (Å²) >= 11 is 5.48. The molecular weight excluding hydrogens is 367 g/mol. The zero-order valence-electron chi connectivity index (χ0n) is 15.4. The van der Waals surface area contributed by atoms with Crippen LogP contribution in [-0.2, 0) is 4.79 Å². The summed E-state index contributed by atoms with van der Waals surface area (Å²) in [6, 6.07) is 7.21. The number of amides is 1. The van der Waals surface area contributed by atoms with Gasteiger partial charge in [0, 0.05) is 18.3 Å². The van der Waals surface area contributed by atoms with Crippen LogP contribution in [0.3, 0.4) is 0 Å². The molecule has 2 aromatic rings. The summed E-state index contributed by atoms with van der Waals surface area (Å²) < 4.78 is 18.8. The molecule has 0 saturated heterocycles. The van der Waals surface area contributed by atoms with Gasteiger partial charge in [-0.2, -0.15) is 0 Å². The highest BCUT2D eigenvalue weighted by Crippen LogP contribution is 2.31. The number of carbonyl (C=O) groups is 1. The number of halogens is 1. The van der Waals surface area contributed by atoms with Crippen LogP contribution in [0.4, 0.5) is 10.2 Å². The average Bonchev–Trinajstić information content (AvgIpc) is 3.02. The van der Waals surface area contributed by atoms with E-state index in [2.05, 4.69) is 15.8 Å². The fourth-order valence-corrected chi connectivity index (χ4v) is 3.46. The van der Waals surface area contributed by atoms with E-state index in [-0.39, 0.29) is 11.7 Å². The van der Waals surface area contributed by atoms with E-state index in [1.54, 1.807) is 25.1 Å². The van der Waals surface area contributed by atoms with Crippen LogP contribution in [0, 0.1) is 12.7 Å². The van der Waals surface area contributed by atoms with Crippen LogP contribution in [0.5, 0.6) is 0 Å². The molecule has 1 aromatic carbocycles. The molecule has 0 aliphatic carbocycles. The molecule has 0 saturated carbocycles. The van der Waals surface area contributed by atoms with Crippen molar-refractivity contribution in [1.29, 1.82) is 0 Å². The third-order valence-corrected chi connectivity index (χ3v) is 4.68. The van der Waals surface area contributed by atoms with Gasteiger partial charge in [0.15, 0.2) is 10.9 Å². The van der Waals surface area contributed by atoms with Crippen molar-refractivity contribution < 1.29 is 13.7 Å². The zero-order valence-corrected chi connectivity index (χ0v) is 16.2. The van der Waals surface area contributed by atoms with Gasteiger partial charge >= 0.3 is 0 Å². The first-order chi connectivity index (χ1) is 12.9. The standard InChI is InChI=1S/C19H21FN4O2S/c1-4-8-24-12(3)16(18(25)21-15-9-11(2)26-23-15)17(22-19(24)27)13-6-5-7-14(20)10-13/h5-7,9-10,17H,4,8H2,1-3H3,(H,22,27)(H,21,23,25)/t17-/m0/s1. The van der Waals surface area contributed by atoms with Gasteiger partial charge in [0.25, 0.3) is 5.91 Å². The molecule has 0 radical (unpaired) electrons. The lowest BCUT2D eigenvalue weighted by Gasteiger charge is -2.37. The summed E-state index contributed by atoms with van der Waals surface area (Å²) in [5.41, 5.74) is 1.81. The average molecular weight is 388 g/mol. The molecule has 1 atom stereocenters. The second-order valence-corrected chi connectivity index (χ2v) is 6.75. The summed E-state index contributed by atoms with van der Waals surface area (Å²) in [6.45, 7) is 6.30. The maximum Gasteiger partial charge on any atom is 0.257 e. The highest BCUT2D eigenvalue weighted by atomic mass is 32.1. The third kappa shape index (κ3) is 4.00. The Morgan fingerprint density at radius 3 is 2.81 bits per heavy atom. The van der Waals surface area contributed by atoms with Gasteiger partial charge in [-0.25, -0.2) is 4.39 Å². The number of benzene rings is 1. The quantitative estimate of drug-likeness (QED) is 0.762. The monoisotopic (exact) mass is 388 g/mol. The molecule has 27 heavy (non-hydrogen) atoms. The molecule has 6 nitrogen and oxygen atoms in total. The van der Waals surface area contributed by atoms with E-state index in [0.29, 0.717) is 34.4 Å². The van der Waals surface area contributed by atoms with Gasteiger partial charge < -0.3 is 20.1 Å². The highest BCUT2D eigenvalue weighted by molar-refractivity contribution is 7.80. The van der Waals surface area contributed by atoms with E-state index >= 15 is 0 Å². The van der Waals surface area contributed by atoms with E-state index in [9.17, 15) is 9.18 Å². The number of carbonyl (C=O) groups excluding carboxylic acids is 1. The Hall–Kier alpha value is -2.74. The van der Waals surface area contributed by atoms with Crippen LogP contribution in [0.1, 0.15) is 37.6 Å². The van der Waals surface area contributed by atoms with E-state index in [1.807, 2.05) is 18.7 Å². The summed E-state index contributed by atoms with van der Waals surface area (Å²) in [5, 5.41) is 10.2. The fraction of sp³-hybridized carbons (Fsp3) is 0.316. The molecule has 0 unspecified atom stereocenters. The van der Waals surface area contributed by atoms with Crippen molar-refractivity contribution in [2.75, 3.05) is 11.9 Å². The number of nitrogens with one attached hydrogen (secondary N) is 2. The Kier molecular flexibility index (Phi) is 5.55. The Morgan fingerprint density at radius 2 is 2.19 bits per heavy atom. The predicted octanol–water partition coefficient (Wildman–Crippen LogP) is 3.68. The van der Waals surface area contributed by atoms with Gasteiger partial charge in [-0.15, -0.1) is 0 Å². The smallest absolute Gasteiger partial charge is 0.257 e. The number of hydrogen-bond acceptors (Lipinski definition) is 4. The topological polar surface area (TPSA) is 70.4 Å². The Labute approximate surface area is 162 Å². The molecule has 2 heterocycles. The predicted molar refractivity (Wildman–Crippen MR) is 104 cm³/mol. The maximum atomic E-state index is 13.8. The Balaban J connectivity index is 2.02. The van der Waals surface area contributed by atoms with Crippen LogP contribution in [0.2, 0.25) is 0 Å². The lowest BCUT2D eigenvalue weighted by Crippen LogP contribution is -2.48. The molecule has 0 fully saturated rings. The second kappa shape index (κ2) is 7.87. The van der Waals surface area contributed by atoms with Gasteiger partial charge in [-0.3, -0.25) is 4.79 Å². The third-order valence-electron chi connectivity index (χ3n) is 4.34. The lowest BCUT2D eigenvalue weighted by atomic mass is 9.94. The molecule has 0 bridgehead atoms. The number of rotatable bonds is 5. The van der Waals surface area contributed by atoms with Gasteiger partial charge in [0.2, 0.25) is 0 Å².